The number of thiazole rings is 1. The summed E-state index contributed by atoms with van der Waals surface area (Å²) in [4.78, 5) is 18.2. The van der Waals surface area contributed by atoms with E-state index >= 15 is 0 Å². The molecule has 98 valence electrons. The van der Waals surface area contributed by atoms with Gasteiger partial charge in [0.05, 0.1) is 5.69 Å². The van der Waals surface area contributed by atoms with Gasteiger partial charge in [0.1, 0.15) is 0 Å². The number of carbonyl (C=O) groups excluding carboxylic acids is 1. The third kappa shape index (κ3) is 2.88. The quantitative estimate of drug-likeness (QED) is 0.460. The Hall–Kier alpha value is -0.980. The minimum Gasteiger partial charge on any atom is -0.294 e. The maximum absolute atomic E-state index is 11.3. The molecule has 3 N–H and O–H groups in total. The summed E-state index contributed by atoms with van der Waals surface area (Å²) in [5.41, 5.74) is 3.11. The first-order valence-corrected chi connectivity index (χ1v) is 7.33. The molecule has 2 saturated carbocycles. The molecule has 1 heterocycles. The molecule has 0 saturated heterocycles. The number of nitrogen functional groups attached to an aromatic ring is 1. The van der Waals surface area contributed by atoms with E-state index in [1.165, 1.54) is 43.6 Å². The fourth-order valence-corrected chi connectivity index (χ4v) is 2.88. The molecule has 2 fully saturated rings. The smallest absolute Gasteiger partial charge is 0.294 e. The Balaban J connectivity index is 1.62. The highest BCUT2D eigenvalue weighted by Gasteiger charge is 2.33. The van der Waals surface area contributed by atoms with Gasteiger partial charge in [-0.2, -0.15) is 0 Å². The molecule has 1 amide bonds. The van der Waals surface area contributed by atoms with Gasteiger partial charge in [0.25, 0.3) is 5.91 Å². The SMILES string of the molecule is NNC(=O)c1nc(CN(CC2CC2)C2CC2)cs1. The van der Waals surface area contributed by atoms with Crippen LogP contribution in [0.5, 0.6) is 0 Å². The lowest BCUT2D eigenvalue weighted by Crippen LogP contribution is -2.30. The van der Waals surface area contributed by atoms with Crippen LogP contribution >= 0.6 is 11.3 Å². The molecule has 5 nitrogen and oxygen atoms in total. The standard InChI is InChI=1S/C12H18N4OS/c13-15-11(17)12-14-9(7-18-12)6-16(10-3-4-10)5-8-1-2-8/h7-8,10H,1-6,13H2,(H,15,17). The van der Waals surface area contributed by atoms with Crippen LogP contribution < -0.4 is 11.3 Å². The summed E-state index contributed by atoms with van der Waals surface area (Å²) in [6.07, 6.45) is 5.38. The maximum atomic E-state index is 11.3. The predicted octanol–water partition coefficient (Wildman–Crippen LogP) is 1.12. The van der Waals surface area contributed by atoms with Crippen LogP contribution in [0.3, 0.4) is 0 Å². The van der Waals surface area contributed by atoms with Crippen LogP contribution in [0, 0.1) is 5.92 Å². The molecule has 2 aliphatic rings. The zero-order chi connectivity index (χ0) is 12.5. The van der Waals surface area contributed by atoms with Crippen molar-refractivity contribution in [1.29, 1.82) is 0 Å². The van der Waals surface area contributed by atoms with Gasteiger partial charge >= 0.3 is 0 Å². The Kier molecular flexibility index (Phi) is 3.32. The molecule has 0 spiro atoms. The van der Waals surface area contributed by atoms with E-state index < -0.39 is 0 Å². The van der Waals surface area contributed by atoms with Crippen LogP contribution in [0.4, 0.5) is 0 Å². The molecule has 0 radical (unpaired) electrons. The lowest BCUT2D eigenvalue weighted by atomic mass is 10.3. The van der Waals surface area contributed by atoms with Crippen LogP contribution in [0.1, 0.15) is 41.2 Å². The summed E-state index contributed by atoms with van der Waals surface area (Å²) in [7, 11) is 0. The van der Waals surface area contributed by atoms with Crippen molar-refractivity contribution in [2.45, 2.75) is 38.3 Å². The molecule has 1 aromatic rings. The molecule has 0 unspecified atom stereocenters. The van der Waals surface area contributed by atoms with Crippen LogP contribution in [-0.4, -0.2) is 28.4 Å². The molecule has 0 aliphatic heterocycles. The Morgan fingerprint density at radius 1 is 1.50 bits per heavy atom. The topological polar surface area (TPSA) is 71.2 Å². The van der Waals surface area contributed by atoms with E-state index in [2.05, 4.69) is 15.3 Å². The van der Waals surface area contributed by atoms with Gasteiger partial charge in [-0.25, -0.2) is 10.8 Å². The minimum absolute atomic E-state index is 0.300. The first-order valence-electron chi connectivity index (χ1n) is 6.45. The maximum Gasteiger partial charge on any atom is 0.294 e. The molecule has 6 heteroatoms. The van der Waals surface area contributed by atoms with Gasteiger partial charge < -0.3 is 0 Å². The normalized spacial score (nSPS) is 19.2. The monoisotopic (exact) mass is 266 g/mol. The number of hydrazine groups is 1. The van der Waals surface area contributed by atoms with E-state index in [1.54, 1.807) is 0 Å². The van der Waals surface area contributed by atoms with E-state index in [1.807, 2.05) is 5.38 Å². The lowest BCUT2D eigenvalue weighted by molar-refractivity contribution is 0.0953. The van der Waals surface area contributed by atoms with Gasteiger partial charge in [-0.1, -0.05) is 0 Å². The van der Waals surface area contributed by atoms with E-state index in [4.69, 9.17) is 5.84 Å². The average Bonchev–Trinajstić information content (AvgIpc) is 3.27. The van der Waals surface area contributed by atoms with E-state index in [0.29, 0.717) is 5.01 Å². The highest BCUT2D eigenvalue weighted by molar-refractivity contribution is 7.11. The van der Waals surface area contributed by atoms with Gasteiger partial charge in [-0.15, -0.1) is 11.3 Å². The average molecular weight is 266 g/mol. The number of carbonyl (C=O) groups is 1. The first-order chi connectivity index (χ1) is 8.76. The Bertz CT molecular complexity index is 439. The minimum atomic E-state index is -0.300. The largest absolute Gasteiger partial charge is 0.294 e. The van der Waals surface area contributed by atoms with Crippen molar-refractivity contribution in [2.75, 3.05) is 6.54 Å². The summed E-state index contributed by atoms with van der Waals surface area (Å²) in [6, 6.07) is 0.749. The summed E-state index contributed by atoms with van der Waals surface area (Å²) in [5.74, 6) is 5.70. The fraction of sp³-hybridized carbons (Fsp3) is 0.667. The van der Waals surface area contributed by atoms with Crippen LogP contribution in [-0.2, 0) is 6.54 Å². The highest BCUT2D eigenvalue weighted by atomic mass is 32.1. The summed E-state index contributed by atoms with van der Waals surface area (Å²) >= 11 is 1.36. The second-order valence-electron chi connectivity index (χ2n) is 5.22. The van der Waals surface area contributed by atoms with Crippen LogP contribution in [0.2, 0.25) is 0 Å². The molecule has 0 atom stereocenters. The molecule has 0 aromatic carbocycles. The lowest BCUT2D eigenvalue weighted by Gasteiger charge is -2.20. The van der Waals surface area contributed by atoms with Crippen molar-refractivity contribution >= 4 is 17.2 Å². The van der Waals surface area contributed by atoms with E-state index in [0.717, 1.165) is 24.2 Å². The summed E-state index contributed by atoms with van der Waals surface area (Å²) in [5, 5.41) is 2.42. The van der Waals surface area contributed by atoms with Gasteiger partial charge in [0.15, 0.2) is 5.01 Å². The summed E-state index contributed by atoms with van der Waals surface area (Å²) < 4.78 is 0. The van der Waals surface area contributed by atoms with Crippen molar-refractivity contribution in [3.8, 4) is 0 Å². The second kappa shape index (κ2) is 4.95. The Morgan fingerprint density at radius 2 is 2.28 bits per heavy atom. The van der Waals surface area contributed by atoms with Gasteiger partial charge in [-0.3, -0.25) is 15.1 Å². The third-order valence-corrected chi connectivity index (χ3v) is 4.38. The molecule has 2 aliphatic carbocycles. The van der Waals surface area contributed by atoms with Crippen molar-refractivity contribution in [3.63, 3.8) is 0 Å². The molecular weight excluding hydrogens is 248 g/mol. The second-order valence-corrected chi connectivity index (χ2v) is 6.08. The number of hydrogen-bond donors (Lipinski definition) is 2. The summed E-state index contributed by atoms with van der Waals surface area (Å²) in [6.45, 7) is 2.07. The third-order valence-electron chi connectivity index (χ3n) is 3.50. The number of hydrogen-bond acceptors (Lipinski definition) is 5. The number of nitrogens with two attached hydrogens (primary N) is 1. The molecular formula is C12H18N4OS. The highest BCUT2D eigenvalue weighted by Crippen LogP contribution is 2.35. The van der Waals surface area contributed by atoms with E-state index in [9.17, 15) is 4.79 Å². The van der Waals surface area contributed by atoms with Gasteiger partial charge in [0.2, 0.25) is 0 Å². The molecule has 0 bridgehead atoms. The van der Waals surface area contributed by atoms with Crippen molar-refractivity contribution in [1.82, 2.24) is 15.3 Å². The zero-order valence-electron chi connectivity index (χ0n) is 10.3. The molecule has 3 rings (SSSR count). The number of rotatable bonds is 6. The number of amides is 1. The Labute approximate surface area is 110 Å². The zero-order valence-corrected chi connectivity index (χ0v) is 11.1. The Morgan fingerprint density at radius 3 is 2.89 bits per heavy atom. The van der Waals surface area contributed by atoms with Crippen LogP contribution in [0.25, 0.3) is 0 Å². The van der Waals surface area contributed by atoms with Crippen molar-refractivity contribution in [2.24, 2.45) is 11.8 Å². The number of nitrogens with zero attached hydrogens (tertiary/aromatic N) is 2. The van der Waals surface area contributed by atoms with Gasteiger partial charge in [0, 0.05) is 24.5 Å². The number of nitrogens with one attached hydrogen (secondary N) is 1. The van der Waals surface area contributed by atoms with E-state index in [-0.39, 0.29) is 5.91 Å². The molecule has 1 aromatic heterocycles. The van der Waals surface area contributed by atoms with Crippen molar-refractivity contribution in [3.05, 3.63) is 16.1 Å². The fourth-order valence-electron chi connectivity index (χ4n) is 2.17. The van der Waals surface area contributed by atoms with Gasteiger partial charge in [-0.05, 0) is 31.6 Å². The first kappa shape index (κ1) is 12.1. The van der Waals surface area contributed by atoms with Crippen molar-refractivity contribution < 1.29 is 4.79 Å². The molecule has 18 heavy (non-hydrogen) atoms. The van der Waals surface area contributed by atoms with Crippen LogP contribution in [0.15, 0.2) is 5.38 Å². The number of aromatic nitrogens is 1. The predicted molar refractivity (Wildman–Crippen MR) is 69.9 cm³/mol.